The van der Waals surface area contributed by atoms with E-state index in [-0.39, 0.29) is 23.0 Å². The zero-order chi connectivity index (χ0) is 18.5. The number of rotatable bonds is 9. The maximum atomic E-state index is 12.4. The number of hydrogen-bond acceptors (Lipinski definition) is 4. The molecule has 0 amide bonds. The van der Waals surface area contributed by atoms with Gasteiger partial charge in [0.1, 0.15) is 12.2 Å². The Morgan fingerprint density at radius 3 is 2.42 bits per heavy atom. The standard InChI is InChI=1S/C19H34O4Si/c1-14(2)10-8-9-11-16(20)17-15(12-22-18(17)21)13-23-24(6,7)19(3,4)5/h14H,8-13H2,1-7H3. The van der Waals surface area contributed by atoms with Gasteiger partial charge in [-0.3, -0.25) is 4.79 Å². The van der Waals surface area contributed by atoms with E-state index in [0.29, 0.717) is 18.9 Å². The van der Waals surface area contributed by atoms with E-state index in [4.69, 9.17) is 9.16 Å². The molecule has 0 atom stereocenters. The molecule has 4 nitrogen and oxygen atoms in total. The molecular formula is C19H34O4Si. The van der Waals surface area contributed by atoms with Crippen LogP contribution in [-0.4, -0.2) is 33.3 Å². The number of hydrogen-bond donors (Lipinski definition) is 0. The highest BCUT2D eigenvalue weighted by Gasteiger charge is 2.38. The molecule has 5 heteroatoms. The van der Waals surface area contributed by atoms with Gasteiger partial charge >= 0.3 is 5.97 Å². The molecule has 0 aliphatic carbocycles. The lowest BCUT2D eigenvalue weighted by Gasteiger charge is -2.36. The minimum absolute atomic E-state index is 0.0879. The predicted octanol–water partition coefficient (Wildman–Crippen LogP) is 4.65. The van der Waals surface area contributed by atoms with E-state index in [1.165, 1.54) is 0 Å². The van der Waals surface area contributed by atoms with Gasteiger partial charge in [0, 0.05) is 12.0 Å². The highest BCUT2D eigenvalue weighted by molar-refractivity contribution is 6.74. The Morgan fingerprint density at radius 1 is 1.25 bits per heavy atom. The van der Waals surface area contributed by atoms with Gasteiger partial charge in [-0.15, -0.1) is 0 Å². The number of cyclic esters (lactones) is 1. The third-order valence-electron chi connectivity index (χ3n) is 5.06. The predicted molar refractivity (Wildman–Crippen MR) is 99.4 cm³/mol. The highest BCUT2D eigenvalue weighted by Crippen LogP contribution is 2.37. The summed E-state index contributed by atoms with van der Waals surface area (Å²) in [6.45, 7) is 15.7. The number of ketones is 1. The first-order valence-electron chi connectivity index (χ1n) is 9.02. The van der Waals surface area contributed by atoms with Gasteiger partial charge in [-0.25, -0.2) is 4.79 Å². The third-order valence-corrected chi connectivity index (χ3v) is 9.54. The second kappa shape index (κ2) is 8.43. The van der Waals surface area contributed by atoms with Gasteiger partial charge < -0.3 is 9.16 Å². The lowest BCUT2D eigenvalue weighted by atomic mass is 9.99. The van der Waals surface area contributed by atoms with Gasteiger partial charge in [-0.05, 0) is 30.5 Å². The number of carbonyl (C=O) groups is 2. The fraction of sp³-hybridized carbons (Fsp3) is 0.789. The molecule has 1 aliphatic heterocycles. The summed E-state index contributed by atoms with van der Waals surface area (Å²) >= 11 is 0. The molecule has 0 bridgehead atoms. The van der Waals surface area contributed by atoms with Crippen molar-refractivity contribution in [1.29, 1.82) is 0 Å². The fourth-order valence-corrected chi connectivity index (χ4v) is 3.28. The zero-order valence-electron chi connectivity index (χ0n) is 16.5. The third kappa shape index (κ3) is 5.85. The average Bonchev–Trinajstić information content (AvgIpc) is 2.81. The number of Topliss-reactive ketones (excluding diaryl/α,β-unsaturated/α-hetero) is 1. The van der Waals surface area contributed by atoms with Crippen LogP contribution in [0.25, 0.3) is 0 Å². The molecule has 0 spiro atoms. The molecular weight excluding hydrogens is 320 g/mol. The largest absolute Gasteiger partial charge is 0.457 e. The van der Waals surface area contributed by atoms with E-state index in [0.717, 1.165) is 24.8 Å². The summed E-state index contributed by atoms with van der Waals surface area (Å²) in [5.41, 5.74) is 0.969. The molecule has 1 rings (SSSR count). The summed E-state index contributed by atoms with van der Waals surface area (Å²) in [7, 11) is -1.91. The molecule has 0 saturated carbocycles. The van der Waals surface area contributed by atoms with Gasteiger partial charge in [0.15, 0.2) is 14.1 Å². The minimum atomic E-state index is -1.91. The molecule has 0 radical (unpaired) electrons. The van der Waals surface area contributed by atoms with Gasteiger partial charge in [-0.1, -0.05) is 47.5 Å². The van der Waals surface area contributed by atoms with Crippen molar-refractivity contribution in [2.24, 2.45) is 5.92 Å². The lowest BCUT2D eigenvalue weighted by Crippen LogP contribution is -2.41. The lowest BCUT2D eigenvalue weighted by molar-refractivity contribution is -0.137. The summed E-state index contributed by atoms with van der Waals surface area (Å²) in [6.07, 6.45) is 3.37. The second-order valence-electron chi connectivity index (χ2n) is 8.67. The molecule has 138 valence electrons. The zero-order valence-corrected chi connectivity index (χ0v) is 17.5. The molecule has 0 N–H and O–H groups in total. The van der Waals surface area contributed by atoms with E-state index in [9.17, 15) is 9.59 Å². The van der Waals surface area contributed by atoms with Crippen molar-refractivity contribution in [3.8, 4) is 0 Å². The molecule has 0 unspecified atom stereocenters. The molecule has 0 aromatic carbocycles. The smallest absolute Gasteiger partial charge is 0.342 e. The molecule has 0 aromatic rings. The first-order valence-corrected chi connectivity index (χ1v) is 11.9. The van der Waals surface area contributed by atoms with Crippen molar-refractivity contribution in [1.82, 2.24) is 0 Å². The summed E-state index contributed by atoms with van der Waals surface area (Å²) < 4.78 is 11.3. The van der Waals surface area contributed by atoms with E-state index >= 15 is 0 Å². The Kier molecular flexibility index (Phi) is 7.41. The Labute approximate surface area is 148 Å². The van der Waals surface area contributed by atoms with E-state index in [2.05, 4.69) is 47.7 Å². The van der Waals surface area contributed by atoms with Crippen molar-refractivity contribution < 1.29 is 18.8 Å². The number of esters is 1. The van der Waals surface area contributed by atoms with Crippen molar-refractivity contribution in [2.45, 2.75) is 78.4 Å². The summed E-state index contributed by atoms with van der Waals surface area (Å²) in [5.74, 6) is 0.0806. The Bertz CT molecular complexity index is 498. The maximum Gasteiger partial charge on any atom is 0.342 e. The molecule has 0 aromatic heterocycles. The van der Waals surface area contributed by atoms with Crippen LogP contribution in [0.15, 0.2) is 11.1 Å². The van der Waals surface area contributed by atoms with E-state index in [1.807, 2.05) is 0 Å². The number of carbonyl (C=O) groups excluding carboxylic acids is 2. The Hall–Kier alpha value is -0.943. The topological polar surface area (TPSA) is 52.6 Å². The fourth-order valence-electron chi connectivity index (χ4n) is 2.31. The second-order valence-corrected chi connectivity index (χ2v) is 13.5. The van der Waals surface area contributed by atoms with Crippen LogP contribution in [0.2, 0.25) is 18.1 Å². The van der Waals surface area contributed by atoms with Gasteiger partial charge in [0.05, 0.1) is 6.61 Å². The van der Waals surface area contributed by atoms with Crippen LogP contribution in [0.4, 0.5) is 0 Å². The maximum absolute atomic E-state index is 12.4. The summed E-state index contributed by atoms with van der Waals surface area (Å²) in [4.78, 5) is 24.4. The Morgan fingerprint density at radius 2 is 1.88 bits per heavy atom. The van der Waals surface area contributed by atoms with Gasteiger partial charge in [-0.2, -0.15) is 0 Å². The van der Waals surface area contributed by atoms with Crippen LogP contribution in [0.1, 0.15) is 60.3 Å². The number of ether oxygens (including phenoxy) is 1. The Balaban J connectivity index is 2.69. The quantitative estimate of drug-likeness (QED) is 0.262. The van der Waals surface area contributed by atoms with Crippen LogP contribution in [0.5, 0.6) is 0 Å². The van der Waals surface area contributed by atoms with E-state index < -0.39 is 14.3 Å². The van der Waals surface area contributed by atoms with Gasteiger partial charge in [0.25, 0.3) is 0 Å². The summed E-state index contributed by atoms with van der Waals surface area (Å²) in [6, 6.07) is 0. The molecule has 0 saturated heterocycles. The van der Waals surface area contributed by atoms with Crippen LogP contribution in [0, 0.1) is 5.92 Å². The first kappa shape index (κ1) is 21.1. The van der Waals surface area contributed by atoms with Crippen LogP contribution in [-0.2, 0) is 18.8 Å². The SMILES string of the molecule is CC(C)CCCCC(=O)C1=C(CO[Si](C)(C)C(C)(C)C)COC1=O. The van der Waals surface area contributed by atoms with Crippen LogP contribution in [0.3, 0.4) is 0 Å². The normalized spacial score (nSPS) is 16.1. The van der Waals surface area contributed by atoms with Crippen molar-refractivity contribution in [2.75, 3.05) is 13.2 Å². The van der Waals surface area contributed by atoms with Crippen molar-refractivity contribution >= 4 is 20.1 Å². The van der Waals surface area contributed by atoms with Crippen LogP contribution >= 0.6 is 0 Å². The molecule has 24 heavy (non-hydrogen) atoms. The highest BCUT2D eigenvalue weighted by atomic mass is 28.4. The average molecular weight is 355 g/mol. The van der Waals surface area contributed by atoms with E-state index in [1.54, 1.807) is 0 Å². The minimum Gasteiger partial charge on any atom is -0.457 e. The van der Waals surface area contributed by atoms with Crippen LogP contribution < -0.4 is 0 Å². The van der Waals surface area contributed by atoms with Crippen molar-refractivity contribution in [3.05, 3.63) is 11.1 Å². The van der Waals surface area contributed by atoms with Gasteiger partial charge in [0.2, 0.25) is 0 Å². The molecule has 0 fully saturated rings. The number of unbranched alkanes of at least 4 members (excludes halogenated alkanes) is 1. The molecule has 1 heterocycles. The first-order chi connectivity index (χ1) is 11.0. The van der Waals surface area contributed by atoms with Crippen molar-refractivity contribution in [3.63, 3.8) is 0 Å². The summed E-state index contributed by atoms with van der Waals surface area (Å²) in [5, 5.41) is 0.0953. The molecule has 1 aliphatic rings. The monoisotopic (exact) mass is 354 g/mol.